The summed E-state index contributed by atoms with van der Waals surface area (Å²) in [5, 5.41) is 3.38. The first-order chi connectivity index (χ1) is 6.77. The molecule has 2 nitrogen and oxygen atoms in total. The van der Waals surface area contributed by atoms with Crippen LogP contribution in [0.2, 0.25) is 0 Å². The zero-order valence-electron chi connectivity index (χ0n) is 8.84. The van der Waals surface area contributed by atoms with Gasteiger partial charge in [-0.15, -0.1) is 12.3 Å². The molecule has 1 N–H and O–H groups in total. The van der Waals surface area contributed by atoms with Crippen molar-refractivity contribution in [3.8, 4) is 12.3 Å². The molecule has 0 spiro atoms. The van der Waals surface area contributed by atoms with Crippen molar-refractivity contribution in [2.75, 3.05) is 0 Å². The van der Waals surface area contributed by atoms with Gasteiger partial charge in [0.15, 0.2) is 0 Å². The molecule has 1 atom stereocenters. The molecule has 0 aliphatic rings. The van der Waals surface area contributed by atoms with Crippen molar-refractivity contribution in [2.45, 2.75) is 39.3 Å². The molecule has 2 heteroatoms. The average molecular weight is 191 g/mol. The number of hydrogen-bond acceptors (Lipinski definition) is 2. The lowest BCUT2D eigenvalue weighted by molar-refractivity contribution is 0.437. The number of nitrogens with one attached hydrogen (secondary N) is 1. The van der Waals surface area contributed by atoms with Crippen LogP contribution in [0.5, 0.6) is 0 Å². The van der Waals surface area contributed by atoms with Gasteiger partial charge in [-0.25, -0.2) is 0 Å². The Morgan fingerprint density at radius 2 is 2.43 bits per heavy atom. The lowest BCUT2D eigenvalue weighted by Crippen LogP contribution is -2.27. The standard InChI is InChI=1S/C12H17NO/c1-4-6-11(5-2)13-9-12-10(3)7-8-14-12/h1,7-8,11,13H,5-6,9H2,2-3H3. The van der Waals surface area contributed by atoms with Gasteiger partial charge in [0, 0.05) is 12.5 Å². The third-order valence-corrected chi connectivity index (χ3v) is 2.38. The highest BCUT2D eigenvalue weighted by Gasteiger charge is 2.06. The van der Waals surface area contributed by atoms with E-state index in [1.165, 1.54) is 5.56 Å². The quantitative estimate of drug-likeness (QED) is 0.723. The predicted molar refractivity (Wildman–Crippen MR) is 57.8 cm³/mol. The third kappa shape index (κ3) is 2.93. The number of rotatable bonds is 5. The monoisotopic (exact) mass is 191 g/mol. The second-order valence-electron chi connectivity index (χ2n) is 3.42. The Balaban J connectivity index is 2.40. The fourth-order valence-corrected chi connectivity index (χ4v) is 1.33. The Morgan fingerprint density at radius 3 is 2.93 bits per heavy atom. The number of aryl methyl sites for hydroxylation is 1. The second kappa shape index (κ2) is 5.51. The van der Waals surface area contributed by atoms with E-state index in [0.717, 1.165) is 25.1 Å². The van der Waals surface area contributed by atoms with E-state index in [-0.39, 0.29) is 0 Å². The summed E-state index contributed by atoms with van der Waals surface area (Å²) in [5.74, 6) is 3.67. The molecule has 0 saturated heterocycles. The summed E-state index contributed by atoms with van der Waals surface area (Å²) in [4.78, 5) is 0. The van der Waals surface area contributed by atoms with Gasteiger partial charge in [-0.1, -0.05) is 6.92 Å². The molecular weight excluding hydrogens is 174 g/mol. The first-order valence-corrected chi connectivity index (χ1v) is 4.97. The van der Waals surface area contributed by atoms with Crippen LogP contribution >= 0.6 is 0 Å². The van der Waals surface area contributed by atoms with Gasteiger partial charge in [0.2, 0.25) is 0 Å². The largest absolute Gasteiger partial charge is 0.468 e. The van der Waals surface area contributed by atoms with Crippen LogP contribution in [-0.2, 0) is 6.54 Å². The van der Waals surface area contributed by atoms with Crippen LogP contribution < -0.4 is 5.32 Å². The van der Waals surface area contributed by atoms with Crippen molar-refractivity contribution >= 4 is 0 Å². The molecular formula is C12H17NO. The molecule has 1 rings (SSSR count). The molecule has 1 aromatic rings. The molecule has 14 heavy (non-hydrogen) atoms. The summed E-state index contributed by atoms with van der Waals surface area (Å²) in [6, 6.07) is 2.36. The van der Waals surface area contributed by atoms with Crippen LogP contribution in [0.3, 0.4) is 0 Å². The highest BCUT2D eigenvalue weighted by atomic mass is 16.3. The van der Waals surface area contributed by atoms with Crippen LogP contribution in [0.15, 0.2) is 16.7 Å². The summed E-state index contributed by atoms with van der Waals surface area (Å²) >= 11 is 0. The summed E-state index contributed by atoms with van der Waals surface area (Å²) in [7, 11) is 0. The third-order valence-electron chi connectivity index (χ3n) is 2.38. The lowest BCUT2D eigenvalue weighted by Gasteiger charge is -2.12. The minimum atomic E-state index is 0.393. The molecule has 1 aromatic heterocycles. The molecule has 0 radical (unpaired) electrons. The fraction of sp³-hybridized carbons (Fsp3) is 0.500. The molecule has 0 fully saturated rings. The Morgan fingerprint density at radius 1 is 1.64 bits per heavy atom. The Bertz CT molecular complexity index is 308. The molecule has 0 bridgehead atoms. The summed E-state index contributed by atoms with van der Waals surface area (Å²) in [5.41, 5.74) is 1.19. The van der Waals surface area contributed by atoms with Crippen molar-refractivity contribution in [1.82, 2.24) is 5.32 Å². The van der Waals surface area contributed by atoms with Crippen LogP contribution in [-0.4, -0.2) is 6.04 Å². The molecule has 0 aliphatic carbocycles. The van der Waals surface area contributed by atoms with E-state index in [0.29, 0.717) is 6.04 Å². The van der Waals surface area contributed by atoms with Gasteiger partial charge >= 0.3 is 0 Å². The van der Waals surface area contributed by atoms with Gasteiger partial charge < -0.3 is 9.73 Å². The van der Waals surface area contributed by atoms with Gasteiger partial charge in [-0.05, 0) is 25.0 Å². The van der Waals surface area contributed by atoms with Crippen molar-refractivity contribution in [2.24, 2.45) is 0 Å². The Labute approximate surface area is 85.7 Å². The van der Waals surface area contributed by atoms with Gasteiger partial charge in [0.25, 0.3) is 0 Å². The normalized spacial score (nSPS) is 12.4. The second-order valence-corrected chi connectivity index (χ2v) is 3.42. The summed E-state index contributed by atoms with van der Waals surface area (Å²) in [6.45, 7) is 4.94. The Hall–Kier alpha value is -1.20. The first kappa shape index (κ1) is 10.9. The van der Waals surface area contributed by atoms with E-state index >= 15 is 0 Å². The van der Waals surface area contributed by atoms with E-state index in [9.17, 15) is 0 Å². The molecule has 76 valence electrons. The zero-order chi connectivity index (χ0) is 10.4. The van der Waals surface area contributed by atoms with Crippen LogP contribution in [0, 0.1) is 19.3 Å². The summed E-state index contributed by atoms with van der Waals surface area (Å²) in [6.07, 6.45) is 8.81. The van der Waals surface area contributed by atoms with E-state index in [2.05, 4.69) is 18.2 Å². The smallest absolute Gasteiger partial charge is 0.120 e. The summed E-state index contributed by atoms with van der Waals surface area (Å²) < 4.78 is 5.32. The number of terminal acetylenes is 1. The maximum Gasteiger partial charge on any atom is 0.120 e. The van der Waals surface area contributed by atoms with Gasteiger partial charge in [-0.3, -0.25) is 0 Å². The average Bonchev–Trinajstić information content (AvgIpc) is 2.59. The van der Waals surface area contributed by atoms with Crippen molar-refractivity contribution in [3.63, 3.8) is 0 Å². The van der Waals surface area contributed by atoms with E-state index in [1.807, 2.05) is 13.0 Å². The molecule has 0 amide bonds. The molecule has 0 aromatic carbocycles. The van der Waals surface area contributed by atoms with E-state index in [1.54, 1.807) is 6.26 Å². The van der Waals surface area contributed by atoms with Gasteiger partial charge in [-0.2, -0.15) is 0 Å². The van der Waals surface area contributed by atoms with Crippen LogP contribution in [0.25, 0.3) is 0 Å². The molecule has 1 heterocycles. The maximum atomic E-state index is 5.32. The van der Waals surface area contributed by atoms with Crippen molar-refractivity contribution in [3.05, 3.63) is 23.7 Å². The maximum absolute atomic E-state index is 5.32. The first-order valence-electron chi connectivity index (χ1n) is 4.97. The minimum absolute atomic E-state index is 0.393. The van der Waals surface area contributed by atoms with E-state index in [4.69, 9.17) is 10.8 Å². The molecule has 1 unspecified atom stereocenters. The van der Waals surface area contributed by atoms with Crippen LogP contribution in [0.1, 0.15) is 31.1 Å². The SMILES string of the molecule is C#CCC(CC)NCc1occc1C. The minimum Gasteiger partial charge on any atom is -0.468 e. The van der Waals surface area contributed by atoms with Crippen LogP contribution in [0.4, 0.5) is 0 Å². The topological polar surface area (TPSA) is 25.2 Å². The zero-order valence-corrected chi connectivity index (χ0v) is 8.84. The highest BCUT2D eigenvalue weighted by Crippen LogP contribution is 2.09. The lowest BCUT2D eigenvalue weighted by atomic mass is 10.1. The van der Waals surface area contributed by atoms with E-state index < -0.39 is 0 Å². The fourth-order valence-electron chi connectivity index (χ4n) is 1.33. The number of hydrogen-bond donors (Lipinski definition) is 1. The van der Waals surface area contributed by atoms with Crippen molar-refractivity contribution < 1.29 is 4.42 Å². The number of furan rings is 1. The van der Waals surface area contributed by atoms with Crippen molar-refractivity contribution in [1.29, 1.82) is 0 Å². The van der Waals surface area contributed by atoms with Gasteiger partial charge in [0.05, 0.1) is 12.8 Å². The predicted octanol–water partition coefficient (Wildman–Crippen LogP) is 2.48. The Kier molecular flexibility index (Phi) is 4.28. The molecule has 0 aliphatic heterocycles. The molecule has 0 saturated carbocycles. The highest BCUT2D eigenvalue weighted by molar-refractivity contribution is 5.14. The van der Waals surface area contributed by atoms with Gasteiger partial charge in [0.1, 0.15) is 5.76 Å².